The van der Waals surface area contributed by atoms with Crippen molar-refractivity contribution in [2.24, 2.45) is 5.92 Å². The van der Waals surface area contributed by atoms with Crippen LogP contribution in [0.4, 0.5) is 5.69 Å². The number of ketones is 1. The van der Waals surface area contributed by atoms with Crippen LogP contribution in [0.5, 0.6) is 0 Å². The van der Waals surface area contributed by atoms with Crippen molar-refractivity contribution in [3.05, 3.63) is 52.2 Å². The predicted molar refractivity (Wildman–Crippen MR) is 111 cm³/mol. The Morgan fingerprint density at radius 2 is 1.76 bits per heavy atom. The first-order valence-electron chi connectivity index (χ1n) is 9.26. The van der Waals surface area contributed by atoms with Crippen molar-refractivity contribution in [3.8, 4) is 0 Å². The van der Waals surface area contributed by atoms with E-state index in [2.05, 4.69) is 10.6 Å². The highest BCUT2D eigenvalue weighted by molar-refractivity contribution is 7.12. The summed E-state index contributed by atoms with van der Waals surface area (Å²) in [4.78, 5) is 48.8. The van der Waals surface area contributed by atoms with Gasteiger partial charge in [0.25, 0.3) is 5.91 Å². The third kappa shape index (κ3) is 6.53. The van der Waals surface area contributed by atoms with E-state index in [1.165, 1.54) is 11.3 Å². The Balaban J connectivity index is 1.92. The van der Waals surface area contributed by atoms with Crippen LogP contribution in [0.1, 0.15) is 47.2 Å². The van der Waals surface area contributed by atoms with Gasteiger partial charge in [-0.05, 0) is 41.6 Å². The fourth-order valence-corrected chi connectivity index (χ4v) is 3.04. The van der Waals surface area contributed by atoms with Crippen LogP contribution in [-0.4, -0.2) is 36.2 Å². The van der Waals surface area contributed by atoms with E-state index in [-0.39, 0.29) is 23.5 Å². The van der Waals surface area contributed by atoms with E-state index in [4.69, 9.17) is 4.74 Å². The number of esters is 1. The standard InChI is InChI=1S/C21H24N2O5S/c1-4-18(25)22-15-9-7-14(8-10-15)16(24)12-28-21(27)19(13(2)3)23-20(26)17-6-5-11-29-17/h5-11,13,19H,4,12H2,1-3H3,(H,22,25)(H,23,26)/t19-/m1/s1. The zero-order valence-corrected chi connectivity index (χ0v) is 17.4. The molecule has 0 spiro atoms. The first-order valence-corrected chi connectivity index (χ1v) is 10.1. The molecule has 1 aromatic carbocycles. The average molecular weight is 416 g/mol. The molecule has 8 heteroatoms. The largest absolute Gasteiger partial charge is 0.456 e. The van der Waals surface area contributed by atoms with Gasteiger partial charge in [0.2, 0.25) is 5.91 Å². The summed E-state index contributed by atoms with van der Waals surface area (Å²) in [5.74, 6) is -1.72. The van der Waals surface area contributed by atoms with Crippen LogP contribution in [0.15, 0.2) is 41.8 Å². The summed E-state index contributed by atoms with van der Waals surface area (Å²) in [6.07, 6.45) is 0.358. The van der Waals surface area contributed by atoms with Gasteiger partial charge in [-0.15, -0.1) is 11.3 Å². The van der Waals surface area contributed by atoms with Crippen LogP contribution in [-0.2, 0) is 14.3 Å². The molecule has 0 unspecified atom stereocenters. The van der Waals surface area contributed by atoms with Crippen LogP contribution in [0.25, 0.3) is 0 Å². The number of hydrogen-bond acceptors (Lipinski definition) is 6. The van der Waals surface area contributed by atoms with Crippen LogP contribution in [0, 0.1) is 5.92 Å². The highest BCUT2D eigenvalue weighted by Gasteiger charge is 2.27. The molecule has 154 valence electrons. The van der Waals surface area contributed by atoms with E-state index < -0.39 is 18.6 Å². The van der Waals surface area contributed by atoms with Crippen LogP contribution in [0.2, 0.25) is 0 Å². The number of nitrogens with one attached hydrogen (secondary N) is 2. The monoisotopic (exact) mass is 416 g/mol. The third-order valence-electron chi connectivity index (χ3n) is 4.11. The molecule has 1 atom stereocenters. The molecule has 0 fully saturated rings. The zero-order valence-electron chi connectivity index (χ0n) is 16.6. The van der Waals surface area contributed by atoms with E-state index in [0.717, 1.165) is 0 Å². The average Bonchev–Trinajstić information content (AvgIpc) is 3.25. The summed E-state index contributed by atoms with van der Waals surface area (Å²) in [6, 6.07) is 8.89. The van der Waals surface area contributed by atoms with Gasteiger partial charge in [-0.1, -0.05) is 26.8 Å². The molecule has 2 amide bonds. The lowest BCUT2D eigenvalue weighted by atomic mass is 10.0. The number of carbonyl (C=O) groups is 4. The molecule has 2 aromatic rings. The maximum atomic E-state index is 12.4. The Hall–Kier alpha value is -3.00. The summed E-state index contributed by atoms with van der Waals surface area (Å²) in [7, 11) is 0. The van der Waals surface area contributed by atoms with Gasteiger partial charge in [0.1, 0.15) is 6.04 Å². The molecule has 0 aliphatic heterocycles. The van der Waals surface area contributed by atoms with Gasteiger partial charge >= 0.3 is 5.97 Å². The van der Waals surface area contributed by atoms with Gasteiger partial charge in [-0.25, -0.2) is 4.79 Å². The number of Topliss-reactive ketones (excluding diaryl/α,β-unsaturated/α-hetero) is 1. The topological polar surface area (TPSA) is 102 Å². The van der Waals surface area contributed by atoms with E-state index in [1.54, 1.807) is 62.5 Å². The maximum absolute atomic E-state index is 12.4. The number of anilines is 1. The number of thiophene rings is 1. The van der Waals surface area contributed by atoms with Crippen molar-refractivity contribution >= 4 is 40.6 Å². The number of carbonyl (C=O) groups excluding carboxylic acids is 4. The predicted octanol–water partition coefficient (Wildman–Crippen LogP) is 3.28. The number of rotatable bonds is 9. The molecule has 0 bridgehead atoms. The van der Waals surface area contributed by atoms with E-state index >= 15 is 0 Å². The minimum atomic E-state index is -0.857. The lowest BCUT2D eigenvalue weighted by Gasteiger charge is -2.20. The normalized spacial score (nSPS) is 11.6. The lowest BCUT2D eigenvalue weighted by Crippen LogP contribution is -2.45. The first kappa shape index (κ1) is 22.3. The molecule has 1 heterocycles. The highest BCUT2D eigenvalue weighted by atomic mass is 32.1. The van der Waals surface area contributed by atoms with Crippen molar-refractivity contribution in [2.75, 3.05) is 11.9 Å². The summed E-state index contributed by atoms with van der Waals surface area (Å²) in [5, 5.41) is 7.12. The quantitative estimate of drug-likeness (QED) is 0.483. The van der Waals surface area contributed by atoms with E-state index in [1.807, 2.05) is 0 Å². The van der Waals surface area contributed by atoms with Crippen LogP contribution >= 0.6 is 11.3 Å². The molecule has 0 aliphatic rings. The van der Waals surface area contributed by atoms with Crippen molar-refractivity contribution in [2.45, 2.75) is 33.2 Å². The molecule has 0 aliphatic carbocycles. The van der Waals surface area contributed by atoms with Gasteiger partial charge in [0.05, 0.1) is 4.88 Å². The molecule has 0 saturated heterocycles. The second-order valence-electron chi connectivity index (χ2n) is 6.68. The second-order valence-corrected chi connectivity index (χ2v) is 7.63. The Morgan fingerprint density at radius 3 is 2.31 bits per heavy atom. The van der Waals surface area contributed by atoms with E-state index in [0.29, 0.717) is 22.5 Å². The fraction of sp³-hybridized carbons (Fsp3) is 0.333. The number of hydrogen-bond donors (Lipinski definition) is 2. The minimum Gasteiger partial charge on any atom is -0.456 e. The summed E-state index contributed by atoms with van der Waals surface area (Å²) < 4.78 is 5.14. The van der Waals surface area contributed by atoms with Gasteiger partial charge < -0.3 is 15.4 Å². The maximum Gasteiger partial charge on any atom is 0.329 e. The van der Waals surface area contributed by atoms with Crippen molar-refractivity contribution in [3.63, 3.8) is 0 Å². The molecular formula is C21H24N2O5S. The summed E-state index contributed by atoms with van der Waals surface area (Å²) >= 11 is 1.27. The minimum absolute atomic E-state index is 0.123. The molecule has 2 rings (SSSR count). The Kier molecular flexibility index (Phi) is 8.09. The molecule has 0 radical (unpaired) electrons. The number of ether oxygens (including phenoxy) is 1. The smallest absolute Gasteiger partial charge is 0.329 e. The molecule has 0 saturated carbocycles. The molecule has 29 heavy (non-hydrogen) atoms. The van der Waals surface area contributed by atoms with Crippen LogP contribution in [0.3, 0.4) is 0 Å². The van der Waals surface area contributed by atoms with Gasteiger partial charge in [0, 0.05) is 17.7 Å². The zero-order chi connectivity index (χ0) is 21.4. The van der Waals surface area contributed by atoms with Gasteiger partial charge in [-0.3, -0.25) is 14.4 Å². The first-order chi connectivity index (χ1) is 13.8. The van der Waals surface area contributed by atoms with Crippen molar-refractivity contribution < 1.29 is 23.9 Å². The molecular weight excluding hydrogens is 392 g/mol. The SMILES string of the molecule is CCC(=O)Nc1ccc(C(=O)COC(=O)[C@H](NC(=O)c2cccs2)C(C)C)cc1. The molecule has 2 N–H and O–H groups in total. The molecule has 1 aromatic heterocycles. The lowest BCUT2D eigenvalue weighted by molar-refractivity contribution is -0.146. The third-order valence-corrected chi connectivity index (χ3v) is 4.98. The summed E-state index contributed by atoms with van der Waals surface area (Å²) in [6.45, 7) is 4.88. The van der Waals surface area contributed by atoms with Crippen LogP contribution < -0.4 is 10.6 Å². The Morgan fingerprint density at radius 1 is 1.07 bits per heavy atom. The Labute approximate surface area is 173 Å². The van der Waals surface area contributed by atoms with E-state index in [9.17, 15) is 19.2 Å². The second kappa shape index (κ2) is 10.5. The van der Waals surface area contributed by atoms with Gasteiger partial charge in [0.15, 0.2) is 12.4 Å². The van der Waals surface area contributed by atoms with Crippen molar-refractivity contribution in [1.29, 1.82) is 0 Å². The fourth-order valence-electron chi connectivity index (χ4n) is 2.42. The summed E-state index contributed by atoms with van der Waals surface area (Å²) in [5.41, 5.74) is 0.942. The number of amides is 2. The van der Waals surface area contributed by atoms with Gasteiger partial charge in [-0.2, -0.15) is 0 Å². The highest BCUT2D eigenvalue weighted by Crippen LogP contribution is 2.13. The number of benzene rings is 1. The molecule has 7 nitrogen and oxygen atoms in total. The van der Waals surface area contributed by atoms with Crippen molar-refractivity contribution in [1.82, 2.24) is 5.32 Å². The Bertz CT molecular complexity index is 860.